The normalized spacial score (nSPS) is 12.7. The van der Waals surface area contributed by atoms with Crippen molar-refractivity contribution in [2.75, 3.05) is 0 Å². The van der Waals surface area contributed by atoms with Gasteiger partial charge >= 0.3 is 12.1 Å². The van der Waals surface area contributed by atoms with Crippen molar-refractivity contribution in [3.63, 3.8) is 0 Å². The molecule has 0 saturated heterocycles. The van der Waals surface area contributed by atoms with E-state index in [1.54, 1.807) is 6.20 Å². The van der Waals surface area contributed by atoms with E-state index in [0.29, 0.717) is 21.9 Å². The molecule has 4 aromatic rings. The first-order valence-electron chi connectivity index (χ1n) is 10.8. The summed E-state index contributed by atoms with van der Waals surface area (Å²) in [6, 6.07) is 10.5. The number of carbonyl (C=O) groups is 1. The first-order chi connectivity index (χ1) is 16.2. The van der Waals surface area contributed by atoms with E-state index >= 15 is 0 Å². The molecular formula is C25H23F3N2O3S. The van der Waals surface area contributed by atoms with Gasteiger partial charge in [0.15, 0.2) is 0 Å². The van der Waals surface area contributed by atoms with Gasteiger partial charge in [-0.2, -0.15) is 13.2 Å². The number of benzene rings is 2. The van der Waals surface area contributed by atoms with Gasteiger partial charge in [0.25, 0.3) is 0 Å². The second-order valence-electron chi connectivity index (χ2n) is 8.01. The number of halogens is 3. The maximum absolute atomic E-state index is 12.9. The van der Waals surface area contributed by atoms with E-state index in [9.17, 15) is 18.0 Å². The maximum atomic E-state index is 12.9. The van der Waals surface area contributed by atoms with Crippen molar-refractivity contribution in [3.05, 3.63) is 70.4 Å². The number of aromatic amines is 1. The van der Waals surface area contributed by atoms with Gasteiger partial charge in [-0.25, -0.2) is 4.98 Å². The zero-order valence-electron chi connectivity index (χ0n) is 18.6. The number of aliphatic carboxylic acids is 1. The van der Waals surface area contributed by atoms with E-state index in [1.165, 1.54) is 23.5 Å². The molecule has 0 radical (unpaired) electrons. The maximum Gasteiger partial charge on any atom is 0.416 e. The van der Waals surface area contributed by atoms with E-state index in [0.717, 1.165) is 46.4 Å². The van der Waals surface area contributed by atoms with Gasteiger partial charge in [-0.05, 0) is 49.2 Å². The predicted molar refractivity (Wildman–Crippen MR) is 125 cm³/mol. The Morgan fingerprint density at radius 1 is 1.21 bits per heavy atom. The van der Waals surface area contributed by atoms with Crippen molar-refractivity contribution >= 4 is 28.2 Å². The van der Waals surface area contributed by atoms with Crippen LogP contribution in [0.15, 0.2) is 48.7 Å². The Morgan fingerprint density at radius 2 is 1.94 bits per heavy atom. The van der Waals surface area contributed by atoms with Crippen LogP contribution in [0.2, 0.25) is 0 Å². The summed E-state index contributed by atoms with van der Waals surface area (Å²) < 4.78 is 44.9. The molecular weight excluding hydrogens is 465 g/mol. The Morgan fingerprint density at radius 3 is 2.59 bits per heavy atom. The average Bonchev–Trinajstić information content (AvgIpc) is 3.38. The molecule has 0 fully saturated rings. The molecule has 178 valence electrons. The molecule has 9 heteroatoms. The van der Waals surface area contributed by atoms with Crippen LogP contribution >= 0.6 is 11.3 Å². The standard InChI is InChI=1S/C25H23F3N2O3S/c1-3-4-21-23(34-24(30-21)15-5-7-17(8-6-15)25(26,27)28)14(2)33-18-9-10-20-19(12-18)16(13-29-20)11-22(31)32/h5-10,12-14,29H,3-4,11H2,1-2H3,(H,31,32). The minimum atomic E-state index is -4.38. The SMILES string of the molecule is CCCc1nc(-c2ccc(C(F)(F)F)cc2)sc1C(C)Oc1ccc2[nH]cc(CC(=O)O)c2c1. The lowest BCUT2D eigenvalue weighted by molar-refractivity contribution is -0.138. The summed E-state index contributed by atoms with van der Waals surface area (Å²) in [5.74, 6) is -0.316. The van der Waals surface area contributed by atoms with Crippen LogP contribution in [0, 0.1) is 0 Å². The van der Waals surface area contributed by atoms with Crippen LogP contribution in [0.4, 0.5) is 13.2 Å². The second-order valence-corrected chi connectivity index (χ2v) is 9.04. The summed E-state index contributed by atoms with van der Waals surface area (Å²) in [7, 11) is 0. The van der Waals surface area contributed by atoms with Gasteiger partial charge in [0, 0.05) is 22.7 Å². The van der Waals surface area contributed by atoms with Crippen molar-refractivity contribution in [1.82, 2.24) is 9.97 Å². The molecule has 1 atom stereocenters. The second kappa shape index (κ2) is 9.50. The fourth-order valence-corrected chi connectivity index (χ4v) is 4.92. The fourth-order valence-electron chi connectivity index (χ4n) is 3.82. The van der Waals surface area contributed by atoms with Gasteiger partial charge in [-0.3, -0.25) is 4.79 Å². The minimum absolute atomic E-state index is 0.0923. The molecule has 1 unspecified atom stereocenters. The van der Waals surface area contributed by atoms with Crippen LogP contribution in [0.25, 0.3) is 21.5 Å². The highest BCUT2D eigenvalue weighted by molar-refractivity contribution is 7.15. The molecule has 0 spiro atoms. The molecule has 4 rings (SSSR count). The van der Waals surface area contributed by atoms with Crippen molar-refractivity contribution < 1.29 is 27.8 Å². The summed E-state index contributed by atoms with van der Waals surface area (Å²) in [4.78, 5) is 19.8. The summed E-state index contributed by atoms with van der Waals surface area (Å²) >= 11 is 1.41. The van der Waals surface area contributed by atoms with Crippen molar-refractivity contribution in [1.29, 1.82) is 0 Å². The van der Waals surface area contributed by atoms with Crippen LogP contribution in [0.5, 0.6) is 5.75 Å². The molecule has 0 aliphatic rings. The Hall–Kier alpha value is -3.33. The number of alkyl halides is 3. The highest BCUT2D eigenvalue weighted by Gasteiger charge is 2.30. The number of nitrogens with one attached hydrogen (secondary N) is 1. The molecule has 0 saturated carbocycles. The lowest BCUT2D eigenvalue weighted by atomic mass is 10.1. The Bertz CT molecular complexity index is 1310. The molecule has 0 amide bonds. The molecule has 0 aliphatic heterocycles. The number of thiazole rings is 1. The van der Waals surface area contributed by atoms with E-state index in [4.69, 9.17) is 14.8 Å². The lowest BCUT2D eigenvalue weighted by Crippen LogP contribution is -2.04. The van der Waals surface area contributed by atoms with Gasteiger partial charge in [-0.15, -0.1) is 11.3 Å². The highest BCUT2D eigenvalue weighted by atomic mass is 32.1. The van der Waals surface area contributed by atoms with Crippen LogP contribution < -0.4 is 4.74 Å². The smallest absolute Gasteiger partial charge is 0.416 e. The Balaban J connectivity index is 1.61. The summed E-state index contributed by atoms with van der Waals surface area (Å²) in [5, 5.41) is 10.6. The molecule has 0 aliphatic carbocycles. The zero-order chi connectivity index (χ0) is 24.5. The number of ether oxygens (including phenoxy) is 1. The van der Waals surface area contributed by atoms with Crippen LogP contribution in [0.3, 0.4) is 0 Å². The predicted octanol–water partition coefficient (Wildman–Crippen LogP) is 7.03. The summed E-state index contributed by atoms with van der Waals surface area (Å²) in [5.41, 5.74) is 2.30. The van der Waals surface area contributed by atoms with Gasteiger partial charge in [0.2, 0.25) is 0 Å². The Kier molecular flexibility index (Phi) is 6.65. The average molecular weight is 489 g/mol. The first kappa shape index (κ1) is 23.8. The zero-order valence-corrected chi connectivity index (χ0v) is 19.4. The number of aromatic nitrogens is 2. The number of fused-ring (bicyclic) bond motifs is 1. The molecule has 2 aromatic heterocycles. The largest absolute Gasteiger partial charge is 0.485 e. The highest BCUT2D eigenvalue weighted by Crippen LogP contribution is 2.37. The van der Waals surface area contributed by atoms with Gasteiger partial charge in [-0.1, -0.05) is 25.5 Å². The number of nitrogens with zero attached hydrogens (tertiary/aromatic N) is 1. The number of carboxylic acid groups (broad SMARTS) is 1. The first-order valence-corrected chi connectivity index (χ1v) is 11.6. The number of carboxylic acids is 1. The topological polar surface area (TPSA) is 75.2 Å². The minimum Gasteiger partial charge on any atom is -0.485 e. The van der Waals surface area contributed by atoms with Gasteiger partial charge < -0.3 is 14.8 Å². The third-order valence-corrected chi connectivity index (χ3v) is 6.74. The molecule has 2 heterocycles. The van der Waals surface area contributed by atoms with Gasteiger partial charge in [0.1, 0.15) is 16.9 Å². The Labute approximate surface area is 198 Å². The van der Waals surface area contributed by atoms with E-state index in [1.807, 2.05) is 32.0 Å². The van der Waals surface area contributed by atoms with Crippen molar-refractivity contribution in [2.45, 2.75) is 45.4 Å². The van der Waals surface area contributed by atoms with Crippen molar-refractivity contribution in [2.24, 2.45) is 0 Å². The fraction of sp³-hybridized carbons (Fsp3) is 0.280. The summed E-state index contributed by atoms with van der Waals surface area (Å²) in [6.45, 7) is 3.94. The number of rotatable bonds is 8. The molecule has 34 heavy (non-hydrogen) atoms. The molecule has 5 nitrogen and oxygen atoms in total. The quantitative estimate of drug-likeness (QED) is 0.279. The van der Waals surface area contributed by atoms with Gasteiger partial charge in [0.05, 0.1) is 22.6 Å². The van der Waals surface area contributed by atoms with Crippen LogP contribution in [-0.2, 0) is 23.8 Å². The van der Waals surface area contributed by atoms with E-state index < -0.39 is 17.7 Å². The number of aryl methyl sites for hydroxylation is 1. The molecule has 0 bridgehead atoms. The number of hydrogen-bond donors (Lipinski definition) is 2. The van der Waals surface area contributed by atoms with Crippen LogP contribution in [-0.4, -0.2) is 21.0 Å². The van der Waals surface area contributed by atoms with Crippen molar-refractivity contribution in [3.8, 4) is 16.3 Å². The lowest BCUT2D eigenvalue weighted by Gasteiger charge is -2.15. The number of H-pyrrole nitrogens is 1. The molecule has 2 aromatic carbocycles. The summed E-state index contributed by atoms with van der Waals surface area (Å²) in [6.07, 6.45) is -1.55. The van der Waals surface area contributed by atoms with E-state index in [2.05, 4.69) is 4.98 Å². The van der Waals surface area contributed by atoms with Crippen LogP contribution in [0.1, 0.15) is 48.1 Å². The number of hydrogen-bond acceptors (Lipinski definition) is 4. The van der Waals surface area contributed by atoms with E-state index in [-0.39, 0.29) is 12.5 Å². The third kappa shape index (κ3) is 5.09. The third-order valence-electron chi connectivity index (χ3n) is 5.44. The monoisotopic (exact) mass is 488 g/mol. The molecule has 2 N–H and O–H groups in total.